The molecule has 1 aromatic carbocycles. The Balaban J connectivity index is 2.88. The maximum Gasteiger partial charge on any atom is 0.358 e. The quantitative estimate of drug-likeness (QED) is 0.833. The number of aromatic hydroxyl groups is 1. The SMILES string of the molecule is O=C(O)c1nc2ccccc2c(Br)c1O. The summed E-state index contributed by atoms with van der Waals surface area (Å²) >= 11 is 3.15. The van der Waals surface area contributed by atoms with Gasteiger partial charge in [-0.05, 0) is 22.0 Å². The van der Waals surface area contributed by atoms with E-state index in [4.69, 9.17) is 5.11 Å². The van der Waals surface area contributed by atoms with Crippen LogP contribution < -0.4 is 0 Å². The fourth-order valence-corrected chi connectivity index (χ4v) is 1.83. The van der Waals surface area contributed by atoms with Gasteiger partial charge in [-0.25, -0.2) is 9.78 Å². The molecule has 0 fully saturated rings. The summed E-state index contributed by atoms with van der Waals surface area (Å²) in [4.78, 5) is 14.6. The van der Waals surface area contributed by atoms with Crippen molar-refractivity contribution in [3.63, 3.8) is 0 Å². The number of halogens is 1. The summed E-state index contributed by atoms with van der Waals surface area (Å²) in [5, 5.41) is 19.1. The minimum atomic E-state index is -1.25. The second kappa shape index (κ2) is 3.51. The molecule has 1 heterocycles. The normalized spacial score (nSPS) is 10.5. The summed E-state index contributed by atoms with van der Waals surface area (Å²) in [6.45, 7) is 0. The van der Waals surface area contributed by atoms with E-state index in [-0.39, 0.29) is 11.4 Å². The fraction of sp³-hybridized carbons (Fsp3) is 0. The molecule has 0 aliphatic carbocycles. The number of pyridine rings is 1. The first-order valence-electron chi connectivity index (χ1n) is 4.11. The number of nitrogens with zero attached hydrogens (tertiary/aromatic N) is 1. The highest BCUT2D eigenvalue weighted by Crippen LogP contribution is 2.33. The van der Waals surface area contributed by atoms with Crippen LogP contribution in [-0.2, 0) is 0 Å². The van der Waals surface area contributed by atoms with Crippen LogP contribution in [0.1, 0.15) is 10.5 Å². The molecule has 0 amide bonds. The Kier molecular flexibility index (Phi) is 2.32. The first-order chi connectivity index (χ1) is 7.11. The van der Waals surface area contributed by atoms with Crippen molar-refractivity contribution in [3.8, 4) is 5.75 Å². The number of hydrogen-bond acceptors (Lipinski definition) is 3. The van der Waals surface area contributed by atoms with Crippen LogP contribution in [0.3, 0.4) is 0 Å². The van der Waals surface area contributed by atoms with Gasteiger partial charge >= 0.3 is 5.97 Å². The average molecular weight is 268 g/mol. The highest BCUT2D eigenvalue weighted by Gasteiger charge is 2.17. The van der Waals surface area contributed by atoms with Gasteiger partial charge < -0.3 is 10.2 Å². The molecule has 0 aliphatic heterocycles. The minimum Gasteiger partial charge on any atom is -0.504 e. The zero-order valence-electron chi connectivity index (χ0n) is 7.44. The number of hydrogen-bond donors (Lipinski definition) is 2. The van der Waals surface area contributed by atoms with E-state index in [2.05, 4.69) is 20.9 Å². The Morgan fingerprint density at radius 1 is 1.33 bits per heavy atom. The fourth-order valence-electron chi connectivity index (χ4n) is 1.31. The average Bonchev–Trinajstić information content (AvgIpc) is 2.23. The molecule has 0 unspecified atom stereocenters. The number of benzene rings is 1. The lowest BCUT2D eigenvalue weighted by Crippen LogP contribution is -2.01. The maximum atomic E-state index is 10.8. The molecule has 76 valence electrons. The molecule has 0 saturated carbocycles. The Hall–Kier alpha value is -1.62. The van der Waals surface area contributed by atoms with Crippen LogP contribution in [0.25, 0.3) is 10.9 Å². The zero-order valence-corrected chi connectivity index (χ0v) is 9.02. The standard InChI is InChI=1S/C10H6BrNO3/c11-7-5-3-1-2-4-6(5)12-8(9(7)13)10(14)15/h1-4,13H,(H,14,15). The third-order valence-corrected chi connectivity index (χ3v) is 2.81. The maximum absolute atomic E-state index is 10.8. The van der Waals surface area contributed by atoms with E-state index in [9.17, 15) is 9.90 Å². The molecule has 2 aromatic rings. The molecule has 2 N–H and O–H groups in total. The lowest BCUT2D eigenvalue weighted by atomic mass is 10.2. The van der Waals surface area contributed by atoms with Crippen molar-refractivity contribution in [2.45, 2.75) is 0 Å². The van der Waals surface area contributed by atoms with Gasteiger partial charge in [-0.3, -0.25) is 0 Å². The van der Waals surface area contributed by atoms with Crippen LogP contribution >= 0.6 is 15.9 Å². The van der Waals surface area contributed by atoms with E-state index in [0.717, 1.165) is 0 Å². The molecule has 0 aliphatic rings. The highest BCUT2D eigenvalue weighted by molar-refractivity contribution is 9.10. The number of aromatic nitrogens is 1. The first-order valence-corrected chi connectivity index (χ1v) is 4.91. The van der Waals surface area contributed by atoms with Crippen molar-refractivity contribution in [1.82, 2.24) is 4.98 Å². The van der Waals surface area contributed by atoms with Crippen molar-refractivity contribution >= 4 is 32.8 Å². The second-order valence-corrected chi connectivity index (χ2v) is 3.74. The van der Waals surface area contributed by atoms with Gasteiger partial charge in [0, 0.05) is 5.39 Å². The van der Waals surface area contributed by atoms with Gasteiger partial charge in [0.1, 0.15) is 0 Å². The van der Waals surface area contributed by atoms with Gasteiger partial charge in [-0.2, -0.15) is 0 Å². The molecule has 15 heavy (non-hydrogen) atoms. The predicted octanol–water partition coefficient (Wildman–Crippen LogP) is 2.40. The lowest BCUT2D eigenvalue weighted by molar-refractivity contribution is 0.0687. The van der Waals surface area contributed by atoms with Crippen LogP contribution in [0.2, 0.25) is 0 Å². The largest absolute Gasteiger partial charge is 0.504 e. The molecule has 0 spiro atoms. The number of carboxylic acids is 1. The van der Waals surface area contributed by atoms with Gasteiger partial charge in [0.05, 0.1) is 9.99 Å². The van der Waals surface area contributed by atoms with Gasteiger partial charge in [-0.1, -0.05) is 18.2 Å². The van der Waals surface area contributed by atoms with Crippen LogP contribution in [-0.4, -0.2) is 21.2 Å². The van der Waals surface area contributed by atoms with Crippen molar-refractivity contribution in [2.75, 3.05) is 0 Å². The van der Waals surface area contributed by atoms with Crippen LogP contribution in [0, 0.1) is 0 Å². The molecule has 0 bridgehead atoms. The Morgan fingerprint density at radius 2 is 2.00 bits per heavy atom. The topological polar surface area (TPSA) is 70.4 Å². The number of carboxylic acid groups (broad SMARTS) is 1. The van der Waals surface area contributed by atoms with E-state index in [1.54, 1.807) is 24.3 Å². The molecular weight excluding hydrogens is 262 g/mol. The number of rotatable bonds is 1. The molecule has 5 heteroatoms. The van der Waals surface area contributed by atoms with Crippen molar-refractivity contribution < 1.29 is 15.0 Å². The van der Waals surface area contributed by atoms with Crippen LogP contribution in [0.4, 0.5) is 0 Å². The second-order valence-electron chi connectivity index (χ2n) is 2.95. The predicted molar refractivity (Wildman–Crippen MR) is 58.1 cm³/mol. The van der Waals surface area contributed by atoms with Crippen molar-refractivity contribution in [3.05, 3.63) is 34.4 Å². The summed E-state index contributed by atoms with van der Waals surface area (Å²) in [5.74, 6) is -1.60. The highest BCUT2D eigenvalue weighted by atomic mass is 79.9. The molecule has 1 aromatic heterocycles. The van der Waals surface area contributed by atoms with Gasteiger partial charge in [0.2, 0.25) is 0 Å². The lowest BCUT2D eigenvalue weighted by Gasteiger charge is -2.05. The zero-order chi connectivity index (χ0) is 11.0. The van der Waals surface area contributed by atoms with Crippen molar-refractivity contribution in [1.29, 1.82) is 0 Å². The molecule has 2 rings (SSSR count). The van der Waals surface area contributed by atoms with E-state index >= 15 is 0 Å². The number of para-hydroxylation sites is 1. The molecule has 4 nitrogen and oxygen atoms in total. The smallest absolute Gasteiger partial charge is 0.358 e. The van der Waals surface area contributed by atoms with E-state index in [1.807, 2.05) is 0 Å². The van der Waals surface area contributed by atoms with E-state index < -0.39 is 5.97 Å². The molecule has 0 radical (unpaired) electrons. The molecular formula is C10H6BrNO3. The van der Waals surface area contributed by atoms with Gasteiger partial charge in [0.25, 0.3) is 0 Å². The Labute approximate surface area is 93.3 Å². The molecule has 0 saturated heterocycles. The number of carbonyl (C=O) groups is 1. The molecule has 0 atom stereocenters. The Bertz CT molecular complexity index is 554. The van der Waals surface area contributed by atoms with Gasteiger partial charge in [0.15, 0.2) is 11.4 Å². The number of aromatic carboxylic acids is 1. The van der Waals surface area contributed by atoms with E-state index in [0.29, 0.717) is 15.4 Å². The van der Waals surface area contributed by atoms with Crippen molar-refractivity contribution in [2.24, 2.45) is 0 Å². The summed E-state index contributed by atoms with van der Waals surface area (Å²) in [5.41, 5.74) is 0.181. The minimum absolute atomic E-state index is 0.346. The first kappa shape index (κ1) is 9.92. The third kappa shape index (κ3) is 1.55. The van der Waals surface area contributed by atoms with E-state index in [1.165, 1.54) is 0 Å². The summed E-state index contributed by atoms with van der Waals surface area (Å²) < 4.78 is 0.352. The summed E-state index contributed by atoms with van der Waals surface area (Å²) in [7, 11) is 0. The Morgan fingerprint density at radius 3 is 2.67 bits per heavy atom. The van der Waals surface area contributed by atoms with Crippen LogP contribution in [0.15, 0.2) is 28.7 Å². The van der Waals surface area contributed by atoms with Gasteiger partial charge in [-0.15, -0.1) is 0 Å². The third-order valence-electron chi connectivity index (χ3n) is 2.01. The number of fused-ring (bicyclic) bond motifs is 1. The monoisotopic (exact) mass is 267 g/mol. The summed E-state index contributed by atoms with van der Waals surface area (Å²) in [6.07, 6.45) is 0. The summed E-state index contributed by atoms with van der Waals surface area (Å²) in [6, 6.07) is 6.98. The van der Waals surface area contributed by atoms with Crippen LogP contribution in [0.5, 0.6) is 5.75 Å².